The first-order valence-corrected chi connectivity index (χ1v) is 8.42. The molecule has 0 N–H and O–H groups in total. The van der Waals surface area contributed by atoms with Gasteiger partial charge in [0.05, 0.1) is 17.6 Å². The van der Waals surface area contributed by atoms with E-state index in [2.05, 4.69) is 4.74 Å². The van der Waals surface area contributed by atoms with Gasteiger partial charge in [-0.3, -0.25) is 14.9 Å². The Morgan fingerprint density at radius 2 is 1.32 bits per heavy atom. The number of benzene rings is 3. The zero-order valence-electron chi connectivity index (χ0n) is 15.5. The summed E-state index contributed by atoms with van der Waals surface area (Å²) in [6.45, 7) is 1.61. The number of ketones is 1. The van der Waals surface area contributed by atoms with Crippen molar-refractivity contribution in [1.82, 2.24) is 0 Å². The lowest BCUT2D eigenvalue weighted by atomic mass is 10.0. The molecule has 3 aromatic carbocycles. The van der Waals surface area contributed by atoms with Crippen molar-refractivity contribution in [2.45, 2.75) is 6.92 Å². The van der Waals surface area contributed by atoms with E-state index in [0.29, 0.717) is 5.56 Å². The van der Waals surface area contributed by atoms with E-state index in [9.17, 15) is 19.7 Å². The molecule has 0 bridgehead atoms. The lowest BCUT2D eigenvalue weighted by Gasteiger charge is -2.00. The van der Waals surface area contributed by atoms with E-state index in [1.165, 1.54) is 25.3 Å². The normalized spacial score (nSPS) is 9.64. The van der Waals surface area contributed by atoms with Crippen LogP contribution in [0.15, 0.2) is 78.9 Å². The van der Waals surface area contributed by atoms with Crippen molar-refractivity contribution in [3.05, 3.63) is 111 Å². The summed E-state index contributed by atoms with van der Waals surface area (Å²) in [6.07, 6.45) is 0. The Hall–Kier alpha value is -3.80. The lowest BCUT2D eigenvalue weighted by molar-refractivity contribution is -0.385. The van der Waals surface area contributed by atoms with E-state index in [-0.39, 0.29) is 17.0 Å². The standard InChI is InChI=1S/C13H10O.C9H9NO4/c14-13(11-7-3-1-4-8-11)12-9-5-2-6-10-12;1-6-3-4-7(9(11)14-2)5-8(6)10(12)13/h1-10H;3-5H,1-2H3. The molecule has 0 aliphatic rings. The summed E-state index contributed by atoms with van der Waals surface area (Å²) in [7, 11) is 1.23. The Labute approximate surface area is 162 Å². The third-order valence-corrected chi connectivity index (χ3v) is 3.90. The molecule has 0 radical (unpaired) electrons. The minimum Gasteiger partial charge on any atom is -0.465 e. The molecule has 0 amide bonds. The van der Waals surface area contributed by atoms with Gasteiger partial charge in [0.1, 0.15) is 0 Å². The molecule has 142 valence electrons. The van der Waals surface area contributed by atoms with Crippen LogP contribution < -0.4 is 0 Å². The third-order valence-electron chi connectivity index (χ3n) is 3.90. The number of rotatable bonds is 4. The van der Waals surface area contributed by atoms with Gasteiger partial charge in [-0.15, -0.1) is 0 Å². The minimum atomic E-state index is -0.576. The number of nitro groups is 1. The molecular formula is C22H19NO5. The Balaban J connectivity index is 0.000000200. The molecule has 3 rings (SSSR count). The van der Waals surface area contributed by atoms with Gasteiger partial charge in [0.25, 0.3) is 5.69 Å². The molecule has 0 atom stereocenters. The zero-order chi connectivity index (χ0) is 20.5. The molecule has 0 saturated heterocycles. The quantitative estimate of drug-likeness (QED) is 0.287. The molecule has 0 spiro atoms. The van der Waals surface area contributed by atoms with Crippen molar-refractivity contribution in [3.8, 4) is 0 Å². The number of hydrogen-bond acceptors (Lipinski definition) is 5. The first-order chi connectivity index (χ1) is 13.4. The number of aryl methyl sites for hydroxylation is 1. The number of nitro benzene ring substituents is 1. The van der Waals surface area contributed by atoms with Crippen molar-refractivity contribution >= 4 is 17.4 Å². The molecular weight excluding hydrogens is 358 g/mol. The van der Waals surface area contributed by atoms with Gasteiger partial charge in [-0.1, -0.05) is 66.7 Å². The smallest absolute Gasteiger partial charge is 0.338 e. The highest BCUT2D eigenvalue weighted by atomic mass is 16.6. The second-order valence-corrected chi connectivity index (χ2v) is 5.81. The van der Waals surface area contributed by atoms with Crippen LogP contribution in [0.4, 0.5) is 5.69 Å². The largest absolute Gasteiger partial charge is 0.465 e. The highest BCUT2D eigenvalue weighted by Gasteiger charge is 2.14. The molecule has 3 aromatic rings. The number of ether oxygens (including phenoxy) is 1. The molecule has 0 heterocycles. The van der Waals surface area contributed by atoms with E-state index in [1.807, 2.05) is 60.7 Å². The van der Waals surface area contributed by atoms with Crippen LogP contribution in [0.2, 0.25) is 0 Å². The molecule has 0 fully saturated rings. The fourth-order valence-corrected chi connectivity index (χ4v) is 2.40. The second kappa shape index (κ2) is 9.78. The van der Waals surface area contributed by atoms with Crippen LogP contribution in [0.3, 0.4) is 0 Å². The molecule has 0 unspecified atom stereocenters. The first kappa shape index (κ1) is 20.5. The van der Waals surface area contributed by atoms with Crippen LogP contribution >= 0.6 is 0 Å². The number of methoxy groups -OCH3 is 1. The number of hydrogen-bond donors (Lipinski definition) is 0. The van der Waals surface area contributed by atoms with Gasteiger partial charge in [-0.2, -0.15) is 0 Å². The zero-order valence-corrected chi connectivity index (χ0v) is 15.5. The molecule has 0 saturated carbocycles. The highest BCUT2D eigenvalue weighted by Crippen LogP contribution is 2.19. The summed E-state index contributed by atoms with van der Waals surface area (Å²) in [5.41, 5.74) is 2.10. The average molecular weight is 377 g/mol. The van der Waals surface area contributed by atoms with Gasteiger partial charge >= 0.3 is 5.97 Å². The summed E-state index contributed by atoms with van der Waals surface area (Å²) >= 11 is 0. The molecule has 0 aromatic heterocycles. The van der Waals surface area contributed by atoms with E-state index in [0.717, 1.165) is 11.1 Å². The summed E-state index contributed by atoms with van der Waals surface area (Å²) < 4.78 is 4.45. The van der Waals surface area contributed by atoms with Crippen molar-refractivity contribution in [2.75, 3.05) is 7.11 Å². The van der Waals surface area contributed by atoms with Crippen LogP contribution in [0.5, 0.6) is 0 Å². The highest BCUT2D eigenvalue weighted by molar-refractivity contribution is 6.08. The van der Waals surface area contributed by atoms with Gasteiger partial charge in [-0.25, -0.2) is 4.79 Å². The summed E-state index contributed by atoms with van der Waals surface area (Å²) in [5, 5.41) is 10.5. The van der Waals surface area contributed by atoms with E-state index in [4.69, 9.17) is 0 Å². The molecule has 6 heteroatoms. The van der Waals surface area contributed by atoms with Crippen LogP contribution in [-0.4, -0.2) is 23.8 Å². The number of carbonyl (C=O) groups excluding carboxylic acids is 2. The maximum absolute atomic E-state index is 11.8. The topological polar surface area (TPSA) is 86.5 Å². The fraction of sp³-hybridized carbons (Fsp3) is 0.0909. The molecule has 6 nitrogen and oxygen atoms in total. The molecule has 0 aliphatic carbocycles. The van der Waals surface area contributed by atoms with Crippen molar-refractivity contribution in [2.24, 2.45) is 0 Å². The minimum absolute atomic E-state index is 0.0752. The maximum atomic E-state index is 11.8. The van der Waals surface area contributed by atoms with E-state index in [1.54, 1.807) is 6.92 Å². The fourth-order valence-electron chi connectivity index (χ4n) is 2.40. The summed E-state index contributed by atoms with van der Waals surface area (Å²) in [4.78, 5) is 32.9. The second-order valence-electron chi connectivity index (χ2n) is 5.81. The van der Waals surface area contributed by atoms with Gasteiger partial charge in [0, 0.05) is 22.8 Å². The van der Waals surface area contributed by atoms with Gasteiger partial charge in [0.15, 0.2) is 5.78 Å². The number of esters is 1. The Morgan fingerprint density at radius 3 is 1.75 bits per heavy atom. The number of carbonyl (C=O) groups is 2. The van der Waals surface area contributed by atoms with Crippen molar-refractivity contribution < 1.29 is 19.2 Å². The van der Waals surface area contributed by atoms with Crippen LogP contribution in [0, 0.1) is 17.0 Å². The Kier molecular flexibility index (Phi) is 7.16. The van der Waals surface area contributed by atoms with Crippen LogP contribution in [0.1, 0.15) is 31.8 Å². The lowest BCUT2D eigenvalue weighted by Crippen LogP contribution is -2.02. The van der Waals surface area contributed by atoms with Crippen LogP contribution in [0.25, 0.3) is 0 Å². The monoisotopic (exact) mass is 377 g/mol. The predicted molar refractivity (Wildman–Crippen MR) is 105 cm³/mol. The summed E-state index contributed by atoms with van der Waals surface area (Å²) in [6, 6.07) is 22.8. The first-order valence-electron chi connectivity index (χ1n) is 8.42. The number of nitrogens with zero attached hydrogens (tertiary/aromatic N) is 1. The molecule has 0 aliphatic heterocycles. The van der Waals surface area contributed by atoms with Gasteiger partial charge in [0.2, 0.25) is 0 Å². The van der Waals surface area contributed by atoms with E-state index < -0.39 is 10.9 Å². The van der Waals surface area contributed by atoms with Crippen molar-refractivity contribution in [1.29, 1.82) is 0 Å². The van der Waals surface area contributed by atoms with Crippen LogP contribution in [-0.2, 0) is 4.74 Å². The van der Waals surface area contributed by atoms with Gasteiger partial charge in [-0.05, 0) is 13.0 Å². The molecule has 28 heavy (non-hydrogen) atoms. The van der Waals surface area contributed by atoms with Gasteiger partial charge < -0.3 is 4.74 Å². The summed E-state index contributed by atoms with van der Waals surface area (Å²) in [5.74, 6) is -0.501. The SMILES string of the molecule is COC(=O)c1ccc(C)c([N+](=O)[O-])c1.O=C(c1ccccc1)c1ccccc1. The Bertz CT molecular complexity index is 927. The predicted octanol–water partition coefficient (Wildman–Crippen LogP) is 4.61. The Morgan fingerprint density at radius 1 is 0.821 bits per heavy atom. The maximum Gasteiger partial charge on any atom is 0.338 e. The third kappa shape index (κ3) is 5.35. The van der Waals surface area contributed by atoms with E-state index >= 15 is 0 Å². The average Bonchev–Trinajstić information content (AvgIpc) is 2.74. The van der Waals surface area contributed by atoms with Crippen molar-refractivity contribution in [3.63, 3.8) is 0 Å².